The Morgan fingerprint density at radius 1 is 0.974 bits per heavy atom. The monoisotopic (exact) mass is 546 g/mol. The topological polar surface area (TPSA) is 251 Å². The van der Waals surface area contributed by atoms with Crippen LogP contribution < -0.4 is 33.2 Å². The molecule has 1 aromatic carbocycles. The van der Waals surface area contributed by atoms with Crippen molar-refractivity contribution >= 4 is 40.6 Å². The van der Waals surface area contributed by atoms with Crippen LogP contribution in [0.15, 0.2) is 35.5 Å². The minimum atomic E-state index is -1.57. The maximum absolute atomic E-state index is 13.5. The van der Waals surface area contributed by atoms with Crippen molar-refractivity contribution in [3.63, 3.8) is 0 Å². The highest BCUT2D eigenvalue weighted by Crippen LogP contribution is 2.19. The van der Waals surface area contributed by atoms with Gasteiger partial charge in [0.15, 0.2) is 5.96 Å². The van der Waals surface area contributed by atoms with Crippen LogP contribution in [0, 0.1) is 5.92 Å². The third kappa shape index (κ3) is 9.26. The van der Waals surface area contributed by atoms with Gasteiger partial charge in [0, 0.05) is 30.1 Å². The van der Waals surface area contributed by atoms with E-state index in [1.165, 1.54) is 0 Å². The number of fused-ring (bicyclic) bond motifs is 1. The highest BCUT2D eigenvalue weighted by Gasteiger charge is 2.31. The molecule has 2 rings (SSSR count). The molecule has 2 aromatic rings. The summed E-state index contributed by atoms with van der Waals surface area (Å²) >= 11 is 0. The summed E-state index contributed by atoms with van der Waals surface area (Å²) in [6, 6.07) is 2.70. The molecule has 0 aliphatic carbocycles. The maximum Gasteiger partial charge on any atom is 0.328 e. The number of nitrogens with zero attached hydrogens (tertiary/aromatic N) is 1. The zero-order chi connectivity index (χ0) is 29.1. The molecule has 1 aromatic heterocycles. The number of carboxylic acid groups (broad SMARTS) is 1. The van der Waals surface area contributed by atoms with Crippen LogP contribution in [-0.4, -0.2) is 82.2 Å². The summed E-state index contributed by atoms with van der Waals surface area (Å²) in [5, 5.41) is 26.9. The zero-order valence-corrected chi connectivity index (χ0v) is 22.0. The van der Waals surface area contributed by atoms with Gasteiger partial charge in [-0.15, -0.1) is 0 Å². The fourth-order valence-corrected chi connectivity index (χ4v) is 3.80. The quantitative estimate of drug-likeness (QED) is 0.0698. The van der Waals surface area contributed by atoms with Crippen LogP contribution in [0.25, 0.3) is 10.9 Å². The summed E-state index contributed by atoms with van der Waals surface area (Å²) in [5.74, 6) is -3.82. The van der Waals surface area contributed by atoms with Crippen molar-refractivity contribution < 1.29 is 29.4 Å². The summed E-state index contributed by atoms with van der Waals surface area (Å²) in [6.07, 6.45) is 2.14. The van der Waals surface area contributed by atoms with E-state index < -0.39 is 54.5 Å². The number of amides is 3. The molecule has 0 fully saturated rings. The minimum absolute atomic E-state index is 0.0470. The lowest BCUT2D eigenvalue weighted by atomic mass is 10.0. The van der Waals surface area contributed by atoms with Gasteiger partial charge in [0.05, 0.1) is 12.6 Å². The molecular formula is C25H38N8O6. The maximum atomic E-state index is 13.5. The van der Waals surface area contributed by atoms with Gasteiger partial charge in [-0.2, -0.15) is 0 Å². The van der Waals surface area contributed by atoms with Crippen LogP contribution in [0.3, 0.4) is 0 Å². The molecule has 1 heterocycles. The van der Waals surface area contributed by atoms with Gasteiger partial charge in [0.1, 0.15) is 18.1 Å². The van der Waals surface area contributed by atoms with Gasteiger partial charge in [-0.25, -0.2) is 4.79 Å². The van der Waals surface area contributed by atoms with E-state index in [1.54, 1.807) is 20.0 Å². The van der Waals surface area contributed by atoms with E-state index in [4.69, 9.17) is 17.2 Å². The molecule has 0 bridgehead atoms. The molecular weight excluding hydrogens is 508 g/mol. The number of nitrogens with one attached hydrogen (secondary N) is 4. The van der Waals surface area contributed by atoms with Crippen LogP contribution in [0.1, 0.15) is 32.3 Å². The number of aliphatic carboxylic acids is 1. The number of para-hydroxylation sites is 1. The van der Waals surface area contributed by atoms with E-state index in [2.05, 4.69) is 25.9 Å². The average molecular weight is 547 g/mol. The van der Waals surface area contributed by atoms with Gasteiger partial charge in [-0.05, 0) is 30.4 Å². The van der Waals surface area contributed by atoms with E-state index >= 15 is 0 Å². The summed E-state index contributed by atoms with van der Waals surface area (Å²) in [4.78, 5) is 57.5. The van der Waals surface area contributed by atoms with Crippen LogP contribution in [0.5, 0.6) is 0 Å². The Hall–Kier alpha value is -4.17. The van der Waals surface area contributed by atoms with E-state index in [1.807, 2.05) is 24.3 Å². The number of nitrogens with two attached hydrogens (primary N) is 3. The molecule has 12 N–H and O–H groups in total. The molecule has 0 saturated heterocycles. The number of hydrogen-bond acceptors (Lipinski definition) is 7. The first-order valence-corrected chi connectivity index (χ1v) is 12.5. The van der Waals surface area contributed by atoms with Crippen LogP contribution in [-0.2, 0) is 25.6 Å². The van der Waals surface area contributed by atoms with Crippen molar-refractivity contribution in [3.05, 3.63) is 36.0 Å². The van der Waals surface area contributed by atoms with E-state index in [-0.39, 0.29) is 37.7 Å². The molecule has 14 nitrogen and oxygen atoms in total. The largest absolute Gasteiger partial charge is 0.480 e. The number of aromatic amines is 1. The Morgan fingerprint density at radius 3 is 2.21 bits per heavy atom. The number of aromatic nitrogens is 1. The van der Waals surface area contributed by atoms with Crippen LogP contribution in [0.4, 0.5) is 0 Å². The second-order valence-corrected chi connectivity index (χ2v) is 9.49. The number of rotatable bonds is 15. The lowest BCUT2D eigenvalue weighted by Gasteiger charge is -2.25. The number of aliphatic imine (C=N–C) groups is 1. The fourth-order valence-electron chi connectivity index (χ4n) is 3.80. The molecule has 4 unspecified atom stereocenters. The number of aliphatic hydroxyl groups excluding tert-OH is 1. The molecule has 0 aliphatic rings. The predicted molar refractivity (Wildman–Crippen MR) is 145 cm³/mol. The van der Waals surface area contributed by atoms with Gasteiger partial charge in [0.25, 0.3) is 0 Å². The molecule has 0 radical (unpaired) electrons. The summed E-state index contributed by atoms with van der Waals surface area (Å²) in [7, 11) is 0. The third-order valence-electron chi connectivity index (χ3n) is 6.13. The number of H-pyrrole nitrogens is 1. The number of guanidine groups is 1. The highest BCUT2D eigenvalue weighted by molar-refractivity contribution is 5.95. The molecule has 14 heteroatoms. The zero-order valence-electron chi connectivity index (χ0n) is 22.0. The number of carbonyl (C=O) groups excluding carboxylic acids is 3. The third-order valence-corrected chi connectivity index (χ3v) is 6.13. The molecule has 4 atom stereocenters. The number of carboxylic acids is 1. The van der Waals surface area contributed by atoms with E-state index in [0.717, 1.165) is 16.5 Å². The van der Waals surface area contributed by atoms with Crippen LogP contribution in [0.2, 0.25) is 0 Å². The van der Waals surface area contributed by atoms with Crippen LogP contribution >= 0.6 is 0 Å². The fraction of sp³-hybridized carbons (Fsp3) is 0.480. The van der Waals surface area contributed by atoms with Gasteiger partial charge in [0.2, 0.25) is 17.7 Å². The molecule has 0 saturated carbocycles. The summed E-state index contributed by atoms with van der Waals surface area (Å²) in [5.41, 5.74) is 18.3. The Bertz CT molecular complexity index is 1180. The van der Waals surface area contributed by atoms with Gasteiger partial charge in [-0.3, -0.25) is 19.4 Å². The Kier molecular flexibility index (Phi) is 11.7. The first-order valence-electron chi connectivity index (χ1n) is 12.5. The van der Waals surface area contributed by atoms with E-state index in [9.17, 15) is 29.4 Å². The second kappa shape index (κ2) is 14.7. The standard InChI is InChI=1S/C25H38N8O6/c1-13(2)20(26)23(37)32-18(10-14-11-30-16-7-4-3-6-15(14)16)22(36)31-17(8-5-9-29-25(27)28)21(35)33-19(12-34)24(38)39/h3-4,6-7,11,13,17-20,30,34H,5,8-10,12,26H2,1-2H3,(H,31,36)(H,32,37)(H,33,35)(H,38,39)(H4,27,28,29). The molecule has 214 valence electrons. The SMILES string of the molecule is CC(C)C(N)C(=O)NC(Cc1c[nH]c2ccccc12)C(=O)NC(CCCN=C(N)N)C(=O)NC(CO)C(=O)O. The highest BCUT2D eigenvalue weighted by atomic mass is 16.4. The van der Waals surface area contributed by atoms with Crippen molar-refractivity contribution in [2.75, 3.05) is 13.2 Å². The molecule has 0 spiro atoms. The molecule has 0 aliphatic heterocycles. The minimum Gasteiger partial charge on any atom is -0.480 e. The smallest absolute Gasteiger partial charge is 0.328 e. The first-order chi connectivity index (χ1) is 18.4. The number of hydrogen-bond donors (Lipinski definition) is 9. The summed E-state index contributed by atoms with van der Waals surface area (Å²) < 4.78 is 0. The van der Waals surface area contributed by atoms with Gasteiger partial charge < -0.3 is 48.3 Å². The number of benzene rings is 1. The normalized spacial score (nSPS) is 14.2. The average Bonchev–Trinajstić information content (AvgIpc) is 3.30. The number of carbonyl (C=O) groups is 4. The van der Waals surface area contributed by atoms with Crippen molar-refractivity contribution in [3.8, 4) is 0 Å². The van der Waals surface area contributed by atoms with E-state index in [0.29, 0.717) is 0 Å². The van der Waals surface area contributed by atoms with Crippen molar-refractivity contribution in [1.82, 2.24) is 20.9 Å². The Labute approximate surface area is 225 Å². The second-order valence-electron chi connectivity index (χ2n) is 9.49. The lowest BCUT2D eigenvalue weighted by molar-refractivity contribution is -0.143. The Morgan fingerprint density at radius 2 is 1.59 bits per heavy atom. The summed E-state index contributed by atoms with van der Waals surface area (Å²) in [6.45, 7) is 2.86. The molecule has 39 heavy (non-hydrogen) atoms. The Balaban J connectivity index is 2.30. The number of aliphatic hydroxyl groups is 1. The predicted octanol–water partition coefficient (Wildman–Crippen LogP) is -1.72. The van der Waals surface area contributed by atoms with Crippen molar-refractivity contribution in [1.29, 1.82) is 0 Å². The first kappa shape index (κ1) is 31.1. The molecule has 3 amide bonds. The van der Waals surface area contributed by atoms with Crippen molar-refractivity contribution in [2.24, 2.45) is 28.1 Å². The van der Waals surface area contributed by atoms with Crippen molar-refractivity contribution in [2.45, 2.75) is 57.3 Å². The lowest BCUT2D eigenvalue weighted by Crippen LogP contribution is -2.58. The van der Waals surface area contributed by atoms with Gasteiger partial charge >= 0.3 is 5.97 Å². The van der Waals surface area contributed by atoms with Gasteiger partial charge in [-0.1, -0.05) is 32.0 Å².